The summed E-state index contributed by atoms with van der Waals surface area (Å²) in [6.45, 7) is 7.54. The maximum atomic E-state index is 13.9. The summed E-state index contributed by atoms with van der Waals surface area (Å²) in [5, 5.41) is 13.0. The van der Waals surface area contributed by atoms with E-state index in [1.807, 2.05) is 39.8 Å². The average Bonchev–Trinajstić information content (AvgIpc) is 3.45. The molecular formula is C28H27F5N4. The molecule has 3 aromatic rings. The van der Waals surface area contributed by atoms with Gasteiger partial charge in [0.25, 0.3) is 0 Å². The Kier molecular flexibility index (Phi) is 8.32. The van der Waals surface area contributed by atoms with Crippen molar-refractivity contribution in [2.75, 3.05) is 6.54 Å². The lowest BCUT2D eigenvalue weighted by Crippen LogP contribution is -2.22. The topological polar surface area (TPSA) is 54.0 Å². The van der Waals surface area contributed by atoms with Crippen LogP contribution in [0.5, 0.6) is 0 Å². The molecule has 0 bridgehead atoms. The van der Waals surface area contributed by atoms with Crippen molar-refractivity contribution in [2.24, 2.45) is 12.0 Å². The predicted molar refractivity (Wildman–Crippen MR) is 134 cm³/mol. The molecule has 1 aliphatic rings. The number of allylic oxidation sites excluding steroid dienone is 1. The maximum absolute atomic E-state index is 13.9. The molecule has 0 unspecified atom stereocenters. The standard InChI is InChI=1S/C14H13F4N.C14H14FN3/c1-8(2)10-4-3-9(7-12(10)15)11-5-6-19-13(11)14(16,17)18;1-9(2)11-5-4-10(6-13(11)15)12-8-18(3)17-14(12)7-16/h3-5,7-8H,6H2,1-2H3;4-6,8-9H,1-3H3. The number of halogens is 5. The van der Waals surface area contributed by atoms with Gasteiger partial charge in [-0.3, -0.25) is 9.67 Å². The Labute approximate surface area is 212 Å². The van der Waals surface area contributed by atoms with Gasteiger partial charge in [0.15, 0.2) is 5.69 Å². The Hall–Kier alpha value is -3.80. The van der Waals surface area contributed by atoms with Gasteiger partial charge in [-0.05, 0) is 46.2 Å². The van der Waals surface area contributed by atoms with E-state index in [2.05, 4.69) is 10.1 Å². The molecule has 194 valence electrons. The normalized spacial score (nSPS) is 13.3. The van der Waals surface area contributed by atoms with Crippen LogP contribution >= 0.6 is 0 Å². The van der Waals surface area contributed by atoms with Crippen molar-refractivity contribution in [3.63, 3.8) is 0 Å². The Morgan fingerprint density at radius 1 is 0.919 bits per heavy atom. The van der Waals surface area contributed by atoms with E-state index in [9.17, 15) is 22.0 Å². The molecule has 37 heavy (non-hydrogen) atoms. The van der Waals surface area contributed by atoms with Gasteiger partial charge in [0.05, 0.1) is 6.54 Å². The summed E-state index contributed by atoms with van der Waals surface area (Å²) < 4.78 is 67.5. The highest BCUT2D eigenvalue weighted by Crippen LogP contribution is 2.32. The number of aromatic nitrogens is 2. The molecule has 2 aromatic carbocycles. The molecule has 9 heteroatoms. The van der Waals surface area contributed by atoms with Crippen LogP contribution in [0.15, 0.2) is 53.7 Å². The third-order valence-electron chi connectivity index (χ3n) is 5.87. The Morgan fingerprint density at radius 2 is 1.46 bits per heavy atom. The van der Waals surface area contributed by atoms with Gasteiger partial charge in [-0.1, -0.05) is 58.0 Å². The number of rotatable bonds is 4. The van der Waals surface area contributed by atoms with Gasteiger partial charge in [-0.25, -0.2) is 8.78 Å². The number of nitrogens with zero attached hydrogens (tertiary/aromatic N) is 4. The second-order valence-electron chi connectivity index (χ2n) is 9.26. The zero-order chi connectivity index (χ0) is 27.5. The zero-order valence-electron chi connectivity index (χ0n) is 21.2. The maximum Gasteiger partial charge on any atom is 0.433 e. The molecule has 0 radical (unpaired) electrons. The van der Waals surface area contributed by atoms with Crippen molar-refractivity contribution in [1.82, 2.24) is 9.78 Å². The zero-order valence-corrected chi connectivity index (χ0v) is 21.2. The van der Waals surface area contributed by atoms with Crippen LogP contribution in [0.2, 0.25) is 0 Å². The average molecular weight is 515 g/mol. The minimum atomic E-state index is -4.50. The lowest BCUT2D eigenvalue weighted by atomic mass is 9.96. The molecule has 2 heterocycles. The molecule has 1 aliphatic heterocycles. The number of hydrogen-bond acceptors (Lipinski definition) is 3. The van der Waals surface area contributed by atoms with Crippen molar-refractivity contribution in [3.05, 3.63) is 82.7 Å². The summed E-state index contributed by atoms with van der Waals surface area (Å²) in [5.41, 5.74) is 2.08. The number of alkyl halides is 3. The number of hydrogen-bond donors (Lipinski definition) is 0. The van der Waals surface area contributed by atoms with Crippen LogP contribution in [0, 0.1) is 23.0 Å². The van der Waals surface area contributed by atoms with Crippen LogP contribution in [0.4, 0.5) is 22.0 Å². The summed E-state index contributed by atoms with van der Waals surface area (Å²) >= 11 is 0. The van der Waals surface area contributed by atoms with Gasteiger partial charge in [0.2, 0.25) is 0 Å². The summed E-state index contributed by atoms with van der Waals surface area (Å²) in [6, 6.07) is 11.3. The van der Waals surface area contributed by atoms with E-state index in [0.717, 1.165) is 6.07 Å². The highest BCUT2D eigenvalue weighted by atomic mass is 19.4. The minimum absolute atomic E-state index is 0.0117. The molecule has 0 amide bonds. The Bertz CT molecular complexity index is 1390. The molecule has 0 aliphatic carbocycles. The van der Waals surface area contributed by atoms with Gasteiger partial charge in [0.1, 0.15) is 23.4 Å². The Morgan fingerprint density at radius 3 is 1.95 bits per heavy atom. The Balaban J connectivity index is 0.000000206. The van der Waals surface area contributed by atoms with E-state index in [-0.39, 0.29) is 35.3 Å². The molecule has 0 saturated carbocycles. The molecule has 0 fully saturated rings. The van der Waals surface area contributed by atoms with Crippen molar-refractivity contribution < 1.29 is 22.0 Å². The van der Waals surface area contributed by atoms with E-state index in [4.69, 9.17) is 5.26 Å². The third kappa shape index (κ3) is 6.31. The monoisotopic (exact) mass is 514 g/mol. The highest BCUT2D eigenvalue weighted by Gasteiger charge is 2.39. The predicted octanol–water partition coefficient (Wildman–Crippen LogP) is 7.57. The second kappa shape index (κ2) is 11.1. The number of nitriles is 1. The lowest BCUT2D eigenvalue weighted by molar-refractivity contribution is -0.0570. The fourth-order valence-corrected chi connectivity index (χ4v) is 4.02. The van der Waals surface area contributed by atoms with E-state index in [1.165, 1.54) is 24.3 Å². The molecule has 0 spiro atoms. The van der Waals surface area contributed by atoms with Gasteiger partial charge >= 0.3 is 6.18 Å². The van der Waals surface area contributed by atoms with Gasteiger partial charge in [-0.15, -0.1) is 0 Å². The van der Waals surface area contributed by atoms with Crippen molar-refractivity contribution in [3.8, 4) is 17.2 Å². The molecule has 0 atom stereocenters. The van der Waals surface area contributed by atoms with Crippen LogP contribution in [0.1, 0.15) is 61.9 Å². The largest absolute Gasteiger partial charge is 0.433 e. The fourth-order valence-electron chi connectivity index (χ4n) is 4.02. The third-order valence-corrected chi connectivity index (χ3v) is 5.87. The van der Waals surface area contributed by atoms with E-state index < -0.39 is 17.7 Å². The summed E-state index contributed by atoms with van der Waals surface area (Å²) in [7, 11) is 1.74. The van der Waals surface area contributed by atoms with Crippen LogP contribution in [-0.2, 0) is 7.05 Å². The number of aryl methyl sites for hydroxylation is 1. The minimum Gasteiger partial charge on any atom is -0.276 e. The van der Waals surface area contributed by atoms with Crippen molar-refractivity contribution in [2.45, 2.75) is 45.7 Å². The van der Waals surface area contributed by atoms with Crippen LogP contribution in [0.3, 0.4) is 0 Å². The van der Waals surface area contributed by atoms with Crippen molar-refractivity contribution in [1.29, 1.82) is 5.26 Å². The van der Waals surface area contributed by atoms with Crippen LogP contribution < -0.4 is 0 Å². The quantitative estimate of drug-likeness (QED) is 0.337. The molecule has 1 aromatic heterocycles. The first-order valence-corrected chi connectivity index (χ1v) is 11.7. The number of benzene rings is 2. The first kappa shape index (κ1) is 27.8. The first-order valence-electron chi connectivity index (χ1n) is 11.7. The van der Waals surface area contributed by atoms with Crippen LogP contribution in [0.25, 0.3) is 16.7 Å². The number of aliphatic imine (C=N–C) groups is 1. The summed E-state index contributed by atoms with van der Waals surface area (Å²) in [6.07, 6.45) is -1.41. The van der Waals surface area contributed by atoms with Crippen molar-refractivity contribution >= 4 is 11.3 Å². The lowest BCUT2D eigenvalue weighted by Gasteiger charge is -2.13. The molecular weight excluding hydrogens is 487 g/mol. The molecule has 0 saturated heterocycles. The fraction of sp³-hybridized carbons (Fsp3) is 0.321. The molecule has 4 nitrogen and oxygen atoms in total. The first-order chi connectivity index (χ1) is 17.3. The SMILES string of the molecule is CC(C)c1ccc(-c2cn(C)nc2C#N)cc1F.CC(C)c1ccc(C2=CCN=C2C(F)(F)F)cc1F. The van der Waals surface area contributed by atoms with Gasteiger partial charge in [0, 0.05) is 24.4 Å². The summed E-state index contributed by atoms with van der Waals surface area (Å²) in [5.74, 6) is -0.595. The van der Waals surface area contributed by atoms with Gasteiger partial charge in [-0.2, -0.15) is 23.5 Å². The van der Waals surface area contributed by atoms with Gasteiger partial charge < -0.3 is 0 Å². The summed E-state index contributed by atoms with van der Waals surface area (Å²) in [4.78, 5) is 3.43. The van der Waals surface area contributed by atoms with E-state index in [0.29, 0.717) is 27.9 Å². The second-order valence-corrected chi connectivity index (χ2v) is 9.26. The molecule has 4 rings (SSSR count). The molecule has 0 N–H and O–H groups in total. The highest BCUT2D eigenvalue weighted by molar-refractivity contribution is 6.27. The van der Waals surface area contributed by atoms with Crippen LogP contribution in [-0.4, -0.2) is 28.2 Å². The van der Waals surface area contributed by atoms with E-state index in [1.54, 1.807) is 24.0 Å². The van der Waals surface area contributed by atoms with E-state index >= 15 is 0 Å². The smallest absolute Gasteiger partial charge is 0.276 e.